The summed E-state index contributed by atoms with van der Waals surface area (Å²) in [6.45, 7) is 3.72. The lowest BCUT2D eigenvalue weighted by Crippen LogP contribution is -2.30. The topological polar surface area (TPSA) is 92.1 Å². The van der Waals surface area contributed by atoms with E-state index in [1.165, 1.54) is 0 Å². The number of aromatic amines is 1. The van der Waals surface area contributed by atoms with Crippen LogP contribution in [0.25, 0.3) is 22.4 Å². The quantitative estimate of drug-likeness (QED) is 0.512. The van der Waals surface area contributed by atoms with E-state index in [1.54, 1.807) is 43.4 Å². The molecular formula is C24H24N4O3. The summed E-state index contributed by atoms with van der Waals surface area (Å²) < 4.78 is 5.89. The molecule has 7 heteroatoms. The van der Waals surface area contributed by atoms with Gasteiger partial charge in [0.1, 0.15) is 17.2 Å². The summed E-state index contributed by atoms with van der Waals surface area (Å²) in [6.07, 6.45) is 3.83. The number of furan rings is 1. The van der Waals surface area contributed by atoms with E-state index in [4.69, 9.17) is 4.42 Å². The summed E-state index contributed by atoms with van der Waals surface area (Å²) in [5.74, 6) is 1.16. The van der Waals surface area contributed by atoms with Crippen molar-refractivity contribution in [2.45, 2.75) is 32.7 Å². The van der Waals surface area contributed by atoms with Crippen molar-refractivity contribution in [1.82, 2.24) is 19.9 Å². The Morgan fingerprint density at radius 1 is 1.19 bits per heavy atom. The first kappa shape index (κ1) is 20.5. The summed E-state index contributed by atoms with van der Waals surface area (Å²) >= 11 is 0. The number of hydrogen-bond donors (Lipinski definition) is 1. The number of rotatable bonds is 6. The average molecular weight is 416 g/mol. The molecule has 7 nitrogen and oxygen atoms in total. The van der Waals surface area contributed by atoms with Gasteiger partial charge < -0.3 is 14.3 Å². The van der Waals surface area contributed by atoms with Crippen LogP contribution in [0.3, 0.4) is 0 Å². The molecule has 0 saturated heterocycles. The number of carbonyl (C=O) groups is 1. The molecule has 1 atom stereocenters. The van der Waals surface area contributed by atoms with Crippen LogP contribution in [0.2, 0.25) is 0 Å². The molecule has 0 saturated carbocycles. The van der Waals surface area contributed by atoms with Crippen LogP contribution < -0.4 is 5.56 Å². The first-order valence-electron chi connectivity index (χ1n) is 10.2. The van der Waals surface area contributed by atoms with Gasteiger partial charge in [0, 0.05) is 48.1 Å². The zero-order chi connectivity index (χ0) is 22.0. The minimum Gasteiger partial charge on any atom is -0.459 e. The minimum atomic E-state index is -0.222. The van der Waals surface area contributed by atoms with Crippen molar-refractivity contribution in [3.63, 3.8) is 0 Å². The Bertz CT molecular complexity index is 1240. The standard InChI is InChI=1S/C24H24N4O3/c1-15-19(24(30)27-23(26-15)17-10-12-25-13-11-17)8-9-22(29)28(3)16(2)21-14-18-6-4-5-7-20(18)31-21/h4-7,10-14,16H,8-9H2,1-3H3,(H,26,27,30). The molecule has 4 aromatic rings. The molecule has 3 heterocycles. The van der Waals surface area contributed by atoms with Crippen LogP contribution in [0.15, 0.2) is 64.1 Å². The van der Waals surface area contributed by atoms with Crippen LogP contribution in [0, 0.1) is 6.92 Å². The molecule has 3 aromatic heterocycles. The van der Waals surface area contributed by atoms with Crippen LogP contribution in [0.4, 0.5) is 0 Å². The number of aryl methyl sites for hydroxylation is 1. The van der Waals surface area contributed by atoms with Crippen molar-refractivity contribution in [3.05, 3.63) is 82.2 Å². The highest BCUT2D eigenvalue weighted by Crippen LogP contribution is 2.27. The molecule has 1 unspecified atom stereocenters. The number of hydrogen-bond acceptors (Lipinski definition) is 5. The fourth-order valence-corrected chi connectivity index (χ4v) is 3.57. The Labute approximate surface area is 179 Å². The van der Waals surface area contributed by atoms with E-state index in [0.717, 1.165) is 22.3 Å². The molecule has 0 bridgehead atoms. The van der Waals surface area contributed by atoms with Crippen molar-refractivity contribution < 1.29 is 9.21 Å². The summed E-state index contributed by atoms with van der Waals surface area (Å²) in [4.78, 5) is 38.4. The van der Waals surface area contributed by atoms with E-state index in [9.17, 15) is 9.59 Å². The van der Waals surface area contributed by atoms with Crippen molar-refractivity contribution >= 4 is 16.9 Å². The van der Waals surface area contributed by atoms with Gasteiger partial charge in [0.2, 0.25) is 5.91 Å². The maximum atomic E-state index is 12.8. The van der Waals surface area contributed by atoms with Crippen LogP contribution in [0.1, 0.15) is 36.4 Å². The molecule has 0 aliphatic carbocycles. The van der Waals surface area contributed by atoms with Gasteiger partial charge in [0.25, 0.3) is 5.56 Å². The molecule has 158 valence electrons. The number of nitrogens with one attached hydrogen (secondary N) is 1. The van der Waals surface area contributed by atoms with Gasteiger partial charge in [-0.25, -0.2) is 4.98 Å². The highest BCUT2D eigenvalue weighted by Gasteiger charge is 2.21. The minimum absolute atomic E-state index is 0.0648. The van der Waals surface area contributed by atoms with Crippen molar-refractivity contribution in [1.29, 1.82) is 0 Å². The fraction of sp³-hybridized carbons (Fsp3) is 0.250. The van der Waals surface area contributed by atoms with Crippen LogP contribution in [-0.4, -0.2) is 32.8 Å². The summed E-state index contributed by atoms with van der Waals surface area (Å²) in [6, 6.07) is 13.1. The number of fused-ring (bicyclic) bond motifs is 1. The highest BCUT2D eigenvalue weighted by atomic mass is 16.3. The zero-order valence-electron chi connectivity index (χ0n) is 17.8. The Balaban J connectivity index is 1.46. The number of nitrogens with zero attached hydrogens (tertiary/aromatic N) is 3. The van der Waals surface area contributed by atoms with Crippen LogP contribution >= 0.6 is 0 Å². The maximum Gasteiger partial charge on any atom is 0.254 e. The van der Waals surface area contributed by atoms with Gasteiger partial charge >= 0.3 is 0 Å². The lowest BCUT2D eigenvalue weighted by atomic mass is 10.1. The van der Waals surface area contributed by atoms with Crippen molar-refractivity contribution in [2.24, 2.45) is 0 Å². The average Bonchev–Trinajstić information content (AvgIpc) is 3.22. The first-order valence-corrected chi connectivity index (χ1v) is 10.2. The molecule has 4 rings (SSSR count). The SMILES string of the molecule is Cc1nc(-c2ccncc2)[nH]c(=O)c1CCC(=O)N(C)C(C)c1cc2ccccc2o1. The number of para-hydroxylation sites is 1. The van der Waals surface area contributed by atoms with E-state index in [-0.39, 0.29) is 23.9 Å². The van der Waals surface area contributed by atoms with Gasteiger partial charge in [0.15, 0.2) is 0 Å². The van der Waals surface area contributed by atoms with E-state index >= 15 is 0 Å². The van der Waals surface area contributed by atoms with E-state index in [0.29, 0.717) is 23.5 Å². The molecule has 0 aliphatic heterocycles. The van der Waals surface area contributed by atoms with E-state index < -0.39 is 0 Å². The molecule has 1 aromatic carbocycles. The highest BCUT2D eigenvalue weighted by molar-refractivity contribution is 5.79. The van der Waals surface area contributed by atoms with Gasteiger partial charge in [0.05, 0.1) is 6.04 Å². The number of benzene rings is 1. The zero-order valence-corrected chi connectivity index (χ0v) is 17.8. The van der Waals surface area contributed by atoms with Crippen LogP contribution in [0.5, 0.6) is 0 Å². The summed E-state index contributed by atoms with van der Waals surface area (Å²) in [5.41, 5.74) is 2.51. The number of carbonyl (C=O) groups excluding carboxylic acids is 1. The number of aromatic nitrogens is 3. The van der Waals surface area contributed by atoms with Crippen molar-refractivity contribution in [2.75, 3.05) is 7.05 Å². The van der Waals surface area contributed by atoms with Crippen molar-refractivity contribution in [3.8, 4) is 11.4 Å². The van der Waals surface area contributed by atoms with Gasteiger partial charge in [-0.05, 0) is 44.5 Å². The van der Waals surface area contributed by atoms with Gasteiger partial charge in [-0.1, -0.05) is 18.2 Å². The van der Waals surface area contributed by atoms with Crippen LogP contribution in [-0.2, 0) is 11.2 Å². The third-order valence-electron chi connectivity index (χ3n) is 5.60. The predicted molar refractivity (Wildman–Crippen MR) is 119 cm³/mol. The first-order chi connectivity index (χ1) is 14.9. The second-order valence-corrected chi connectivity index (χ2v) is 7.58. The molecule has 1 N–H and O–H groups in total. The Morgan fingerprint density at radius 3 is 2.65 bits per heavy atom. The molecule has 1 amide bonds. The third-order valence-corrected chi connectivity index (χ3v) is 5.60. The summed E-state index contributed by atoms with van der Waals surface area (Å²) in [7, 11) is 1.75. The number of amides is 1. The predicted octanol–water partition coefficient (Wildman–Crippen LogP) is 4.04. The second-order valence-electron chi connectivity index (χ2n) is 7.58. The van der Waals surface area contributed by atoms with Gasteiger partial charge in [-0.3, -0.25) is 14.6 Å². The van der Waals surface area contributed by atoms with Gasteiger partial charge in [-0.2, -0.15) is 0 Å². The maximum absolute atomic E-state index is 12.8. The molecule has 0 spiro atoms. The van der Waals surface area contributed by atoms with E-state index in [1.807, 2.05) is 37.3 Å². The Morgan fingerprint density at radius 2 is 1.94 bits per heavy atom. The van der Waals surface area contributed by atoms with Gasteiger partial charge in [-0.15, -0.1) is 0 Å². The normalized spacial score (nSPS) is 12.1. The molecule has 0 radical (unpaired) electrons. The number of H-pyrrole nitrogens is 1. The van der Waals surface area contributed by atoms with E-state index in [2.05, 4.69) is 15.0 Å². The number of pyridine rings is 1. The molecular weight excluding hydrogens is 392 g/mol. The monoisotopic (exact) mass is 416 g/mol. The molecule has 31 heavy (non-hydrogen) atoms. The molecule has 0 aliphatic rings. The second kappa shape index (κ2) is 8.55. The summed E-state index contributed by atoms with van der Waals surface area (Å²) in [5, 5.41) is 1.01. The Hall–Kier alpha value is -3.74. The largest absolute Gasteiger partial charge is 0.459 e. The third kappa shape index (κ3) is 4.26. The lowest BCUT2D eigenvalue weighted by Gasteiger charge is -2.23. The fourth-order valence-electron chi connectivity index (χ4n) is 3.57. The molecule has 0 fully saturated rings. The Kier molecular flexibility index (Phi) is 5.66. The smallest absolute Gasteiger partial charge is 0.254 e. The lowest BCUT2D eigenvalue weighted by molar-refractivity contribution is -0.132.